The number of hydrogen-bond acceptors (Lipinski definition) is 3. The molecule has 1 unspecified atom stereocenters. The molecular weight excluding hydrogens is 180 g/mol. The van der Waals surface area contributed by atoms with Crippen LogP contribution in [0.2, 0.25) is 0 Å². The highest BCUT2D eigenvalue weighted by atomic mass is 16.3. The minimum Gasteiger partial charge on any atom is -0.394 e. The van der Waals surface area contributed by atoms with Gasteiger partial charge in [0.05, 0.1) is 18.7 Å². The van der Waals surface area contributed by atoms with E-state index in [1.54, 1.807) is 4.90 Å². The molecule has 4 heteroatoms. The zero-order valence-electron chi connectivity index (χ0n) is 8.28. The summed E-state index contributed by atoms with van der Waals surface area (Å²) in [7, 11) is 0. The molecular formula is C10H16N2O2. The first-order valence-electron chi connectivity index (χ1n) is 5.07. The van der Waals surface area contributed by atoms with Crippen LogP contribution in [0.1, 0.15) is 32.1 Å². The number of aliphatic hydroxyl groups excluding tert-OH is 1. The second kappa shape index (κ2) is 5.61. The van der Waals surface area contributed by atoms with Crippen molar-refractivity contribution >= 4 is 5.91 Å². The molecule has 1 amide bonds. The van der Waals surface area contributed by atoms with E-state index in [1.807, 2.05) is 6.07 Å². The molecule has 1 rings (SSSR count). The van der Waals surface area contributed by atoms with Crippen LogP contribution in [0.15, 0.2) is 0 Å². The summed E-state index contributed by atoms with van der Waals surface area (Å²) in [6.07, 6.45) is 3.92. The molecule has 0 saturated carbocycles. The molecule has 0 aromatic heterocycles. The van der Waals surface area contributed by atoms with Gasteiger partial charge in [-0.25, -0.2) is 0 Å². The lowest BCUT2D eigenvalue weighted by atomic mass is 10.1. The molecule has 4 nitrogen and oxygen atoms in total. The van der Waals surface area contributed by atoms with E-state index in [-0.39, 0.29) is 25.0 Å². The highest BCUT2D eigenvalue weighted by molar-refractivity contribution is 5.78. The highest BCUT2D eigenvalue weighted by Crippen LogP contribution is 2.17. The van der Waals surface area contributed by atoms with E-state index in [0.717, 1.165) is 25.7 Å². The van der Waals surface area contributed by atoms with E-state index in [1.165, 1.54) is 0 Å². The van der Waals surface area contributed by atoms with Crippen LogP contribution in [0, 0.1) is 11.3 Å². The predicted molar refractivity (Wildman–Crippen MR) is 51.3 cm³/mol. The van der Waals surface area contributed by atoms with Crippen molar-refractivity contribution in [1.29, 1.82) is 5.26 Å². The van der Waals surface area contributed by atoms with Gasteiger partial charge in [-0.3, -0.25) is 4.79 Å². The van der Waals surface area contributed by atoms with Gasteiger partial charge < -0.3 is 10.0 Å². The molecule has 0 aromatic rings. The second-order valence-electron chi connectivity index (χ2n) is 3.61. The van der Waals surface area contributed by atoms with Gasteiger partial charge in [0.2, 0.25) is 5.91 Å². The van der Waals surface area contributed by atoms with E-state index >= 15 is 0 Å². The number of hydrogen-bond donors (Lipinski definition) is 1. The first-order valence-corrected chi connectivity index (χ1v) is 5.07. The van der Waals surface area contributed by atoms with Crippen LogP contribution in [0.5, 0.6) is 0 Å². The van der Waals surface area contributed by atoms with E-state index < -0.39 is 0 Å². The number of nitriles is 1. The zero-order chi connectivity index (χ0) is 10.4. The summed E-state index contributed by atoms with van der Waals surface area (Å²) in [6, 6.07) is 1.79. The van der Waals surface area contributed by atoms with Crippen molar-refractivity contribution in [2.45, 2.75) is 38.1 Å². The molecule has 0 radical (unpaired) electrons. The Morgan fingerprint density at radius 2 is 2.29 bits per heavy atom. The third-order valence-corrected chi connectivity index (χ3v) is 2.64. The molecule has 78 valence electrons. The third-order valence-electron chi connectivity index (χ3n) is 2.64. The zero-order valence-corrected chi connectivity index (χ0v) is 8.28. The van der Waals surface area contributed by atoms with Crippen LogP contribution in [0.4, 0.5) is 0 Å². The molecule has 0 aliphatic carbocycles. The first kappa shape index (κ1) is 11.0. The van der Waals surface area contributed by atoms with Crippen molar-refractivity contribution in [3.63, 3.8) is 0 Å². The van der Waals surface area contributed by atoms with Crippen LogP contribution in [-0.4, -0.2) is 35.1 Å². The highest BCUT2D eigenvalue weighted by Gasteiger charge is 2.24. The molecule has 1 saturated heterocycles. The quantitative estimate of drug-likeness (QED) is 0.705. The Bertz CT molecular complexity index is 235. The van der Waals surface area contributed by atoms with Crippen molar-refractivity contribution < 1.29 is 9.90 Å². The smallest absolute Gasteiger partial charge is 0.237 e. The van der Waals surface area contributed by atoms with E-state index in [4.69, 9.17) is 10.4 Å². The van der Waals surface area contributed by atoms with Crippen molar-refractivity contribution in [3.8, 4) is 6.07 Å². The van der Waals surface area contributed by atoms with Crippen LogP contribution >= 0.6 is 0 Å². The summed E-state index contributed by atoms with van der Waals surface area (Å²) in [6.45, 7) is 0.697. The maximum absolute atomic E-state index is 11.5. The van der Waals surface area contributed by atoms with Crippen molar-refractivity contribution in [3.05, 3.63) is 0 Å². The topological polar surface area (TPSA) is 64.3 Å². The van der Waals surface area contributed by atoms with Crippen LogP contribution < -0.4 is 0 Å². The monoisotopic (exact) mass is 196 g/mol. The summed E-state index contributed by atoms with van der Waals surface area (Å²) in [5, 5.41) is 17.6. The Labute approximate surface area is 84.1 Å². The number of carbonyl (C=O) groups is 1. The number of likely N-dealkylation sites (tertiary alicyclic amines) is 1. The summed E-state index contributed by atoms with van der Waals surface area (Å²) in [5.41, 5.74) is 0. The third kappa shape index (κ3) is 2.71. The number of carbonyl (C=O) groups excluding carboxylic acids is 1. The van der Waals surface area contributed by atoms with Crippen molar-refractivity contribution in [1.82, 2.24) is 4.90 Å². The molecule has 0 bridgehead atoms. The molecule has 1 heterocycles. The predicted octanol–water partition coefficient (Wildman–Crippen LogP) is 0.664. The summed E-state index contributed by atoms with van der Waals surface area (Å²) in [5.74, 6) is -0.145. The fraction of sp³-hybridized carbons (Fsp3) is 0.800. The number of aliphatic hydroxyl groups is 1. The SMILES string of the molecule is N#CCC(=O)N1CCCCCC1CO. The summed E-state index contributed by atoms with van der Waals surface area (Å²) in [4.78, 5) is 13.2. The van der Waals surface area contributed by atoms with Crippen molar-refractivity contribution in [2.24, 2.45) is 0 Å². The molecule has 1 fully saturated rings. The number of amides is 1. The van der Waals surface area contributed by atoms with Gasteiger partial charge in [-0.05, 0) is 12.8 Å². The number of rotatable bonds is 2. The standard InChI is InChI=1S/C10H16N2O2/c11-6-5-10(14)12-7-3-1-2-4-9(12)8-13/h9,13H,1-5,7-8H2. The average Bonchev–Trinajstić information content (AvgIpc) is 2.42. The Kier molecular flexibility index (Phi) is 4.41. The maximum atomic E-state index is 11.5. The van der Waals surface area contributed by atoms with Gasteiger partial charge >= 0.3 is 0 Å². The Morgan fingerprint density at radius 3 is 2.93 bits per heavy atom. The maximum Gasteiger partial charge on any atom is 0.237 e. The van der Waals surface area contributed by atoms with Gasteiger partial charge in [-0.15, -0.1) is 0 Å². The Hall–Kier alpha value is -1.08. The second-order valence-corrected chi connectivity index (χ2v) is 3.61. The first-order chi connectivity index (χ1) is 6.79. The Morgan fingerprint density at radius 1 is 1.50 bits per heavy atom. The van der Waals surface area contributed by atoms with Gasteiger partial charge in [0.25, 0.3) is 0 Å². The minimum absolute atomic E-state index is 0.0111. The van der Waals surface area contributed by atoms with Gasteiger partial charge in [-0.1, -0.05) is 12.8 Å². The van der Waals surface area contributed by atoms with E-state index in [0.29, 0.717) is 6.54 Å². The molecule has 1 N–H and O–H groups in total. The molecule has 14 heavy (non-hydrogen) atoms. The Balaban J connectivity index is 2.61. The van der Waals surface area contributed by atoms with Gasteiger partial charge in [0.15, 0.2) is 0 Å². The van der Waals surface area contributed by atoms with Gasteiger partial charge in [0, 0.05) is 6.54 Å². The van der Waals surface area contributed by atoms with Crippen LogP contribution in [-0.2, 0) is 4.79 Å². The van der Waals surface area contributed by atoms with E-state index in [2.05, 4.69) is 0 Å². The van der Waals surface area contributed by atoms with Gasteiger partial charge in [0.1, 0.15) is 6.42 Å². The molecule has 0 aromatic carbocycles. The largest absolute Gasteiger partial charge is 0.394 e. The fourth-order valence-corrected chi connectivity index (χ4v) is 1.86. The molecule has 1 aliphatic heterocycles. The lowest BCUT2D eigenvalue weighted by molar-refractivity contribution is -0.133. The summed E-state index contributed by atoms with van der Waals surface area (Å²) < 4.78 is 0. The lowest BCUT2D eigenvalue weighted by Gasteiger charge is -2.27. The van der Waals surface area contributed by atoms with Gasteiger partial charge in [-0.2, -0.15) is 5.26 Å². The number of nitrogens with zero attached hydrogens (tertiary/aromatic N) is 2. The average molecular weight is 196 g/mol. The molecule has 0 spiro atoms. The van der Waals surface area contributed by atoms with Crippen LogP contribution in [0.25, 0.3) is 0 Å². The van der Waals surface area contributed by atoms with E-state index in [9.17, 15) is 4.79 Å². The fourth-order valence-electron chi connectivity index (χ4n) is 1.86. The molecule has 1 aliphatic rings. The lowest BCUT2D eigenvalue weighted by Crippen LogP contribution is -2.41. The van der Waals surface area contributed by atoms with Crippen molar-refractivity contribution in [2.75, 3.05) is 13.2 Å². The van der Waals surface area contributed by atoms with Crippen LogP contribution in [0.3, 0.4) is 0 Å². The minimum atomic E-state index is -0.145. The molecule has 1 atom stereocenters. The normalized spacial score (nSPS) is 22.6. The summed E-state index contributed by atoms with van der Waals surface area (Å²) >= 11 is 0.